The molecule has 0 aliphatic heterocycles. The normalized spacial score (nSPS) is 10.9. The summed E-state index contributed by atoms with van der Waals surface area (Å²) in [5.74, 6) is -1.31. The van der Waals surface area contributed by atoms with E-state index in [2.05, 4.69) is 22.6 Å². The minimum absolute atomic E-state index is 0.112. The molecule has 1 N–H and O–H groups in total. The van der Waals surface area contributed by atoms with Gasteiger partial charge in [0.1, 0.15) is 11.3 Å². The summed E-state index contributed by atoms with van der Waals surface area (Å²) in [6.45, 7) is 0. The maximum Gasteiger partial charge on any atom is 0.163 e. The van der Waals surface area contributed by atoms with E-state index in [-0.39, 0.29) is 10.7 Å². The molecule has 1 heterocycles. The quantitative estimate of drug-likeness (QED) is 0.606. The number of halogens is 2. The van der Waals surface area contributed by atoms with Crippen LogP contribution in [0.25, 0.3) is 11.0 Å². The average Bonchev–Trinajstić information content (AvgIpc) is 2.29. The van der Waals surface area contributed by atoms with Crippen LogP contribution in [0.4, 0.5) is 8.78 Å². The number of nitrogens with zero attached hydrogens (tertiary/aromatic N) is 1. The number of imidazole rings is 1. The number of thiol groups is 1. The molecular formula is C7H4F2N2S. The van der Waals surface area contributed by atoms with E-state index in [0.717, 1.165) is 6.07 Å². The largest absolute Gasteiger partial charge is 0.333 e. The van der Waals surface area contributed by atoms with Crippen LogP contribution in [-0.4, -0.2) is 9.97 Å². The molecule has 2 nitrogen and oxygen atoms in total. The van der Waals surface area contributed by atoms with Gasteiger partial charge in [-0.1, -0.05) is 0 Å². The Bertz CT molecular complexity index is 438. The lowest BCUT2D eigenvalue weighted by Gasteiger charge is -1.90. The Morgan fingerprint density at radius 2 is 2.08 bits per heavy atom. The van der Waals surface area contributed by atoms with Gasteiger partial charge >= 0.3 is 0 Å². The summed E-state index contributed by atoms with van der Waals surface area (Å²) < 4.78 is 25.5. The number of aromatic amines is 1. The number of rotatable bonds is 0. The van der Waals surface area contributed by atoms with E-state index in [1.54, 1.807) is 0 Å². The van der Waals surface area contributed by atoms with E-state index >= 15 is 0 Å². The Morgan fingerprint density at radius 3 is 2.83 bits per heavy atom. The number of hydrogen-bond donors (Lipinski definition) is 2. The zero-order chi connectivity index (χ0) is 8.72. The first-order chi connectivity index (χ1) is 5.66. The summed E-state index contributed by atoms with van der Waals surface area (Å²) in [6, 6.07) is 1.96. The van der Waals surface area contributed by atoms with Crippen LogP contribution in [0.5, 0.6) is 0 Å². The molecule has 0 saturated heterocycles. The molecule has 0 bridgehead atoms. The molecule has 2 rings (SSSR count). The number of hydrogen-bond acceptors (Lipinski definition) is 2. The first-order valence-electron chi connectivity index (χ1n) is 3.20. The van der Waals surface area contributed by atoms with E-state index in [1.807, 2.05) is 0 Å². The van der Waals surface area contributed by atoms with E-state index in [0.29, 0.717) is 5.52 Å². The maximum absolute atomic E-state index is 12.9. The summed E-state index contributed by atoms with van der Waals surface area (Å²) in [6.07, 6.45) is 0. The zero-order valence-corrected chi connectivity index (χ0v) is 6.70. The third-order valence-electron chi connectivity index (χ3n) is 1.49. The fourth-order valence-electron chi connectivity index (χ4n) is 1.03. The summed E-state index contributed by atoms with van der Waals surface area (Å²) in [7, 11) is 0. The predicted octanol–water partition coefficient (Wildman–Crippen LogP) is 2.13. The number of nitrogens with one attached hydrogen (secondary N) is 1. The number of benzene rings is 1. The molecule has 0 aliphatic carbocycles. The maximum atomic E-state index is 12.9. The van der Waals surface area contributed by atoms with Gasteiger partial charge < -0.3 is 4.98 Å². The summed E-state index contributed by atoms with van der Waals surface area (Å²) in [5, 5.41) is 0.273. The van der Waals surface area contributed by atoms with Crippen LogP contribution < -0.4 is 0 Å². The van der Waals surface area contributed by atoms with Crippen molar-refractivity contribution in [2.24, 2.45) is 0 Å². The lowest BCUT2D eigenvalue weighted by molar-refractivity contribution is 0.590. The topological polar surface area (TPSA) is 28.7 Å². The van der Waals surface area contributed by atoms with Crippen LogP contribution in [0.15, 0.2) is 17.3 Å². The Morgan fingerprint density at radius 1 is 1.33 bits per heavy atom. The highest BCUT2D eigenvalue weighted by Gasteiger charge is 2.07. The zero-order valence-electron chi connectivity index (χ0n) is 5.81. The number of H-pyrrole nitrogens is 1. The Balaban J connectivity index is 2.88. The molecule has 2 aromatic rings. The second kappa shape index (κ2) is 2.45. The van der Waals surface area contributed by atoms with Crippen LogP contribution >= 0.6 is 12.6 Å². The minimum Gasteiger partial charge on any atom is -0.333 e. The number of fused-ring (bicyclic) bond motifs is 1. The first-order valence-corrected chi connectivity index (χ1v) is 3.65. The average molecular weight is 186 g/mol. The van der Waals surface area contributed by atoms with Gasteiger partial charge in [0.15, 0.2) is 11.0 Å². The molecule has 1 aromatic heterocycles. The van der Waals surface area contributed by atoms with Gasteiger partial charge in [-0.2, -0.15) is 0 Å². The fourth-order valence-corrected chi connectivity index (χ4v) is 1.25. The van der Waals surface area contributed by atoms with Gasteiger partial charge in [0.05, 0.1) is 5.52 Å². The highest BCUT2D eigenvalue weighted by atomic mass is 32.1. The molecule has 1 aromatic carbocycles. The molecule has 5 heteroatoms. The van der Waals surface area contributed by atoms with Gasteiger partial charge in [-0.25, -0.2) is 13.8 Å². The van der Waals surface area contributed by atoms with Crippen molar-refractivity contribution in [3.8, 4) is 0 Å². The van der Waals surface area contributed by atoms with Gasteiger partial charge in [0.25, 0.3) is 0 Å². The number of aromatic nitrogens is 2. The van der Waals surface area contributed by atoms with E-state index < -0.39 is 11.6 Å². The van der Waals surface area contributed by atoms with Gasteiger partial charge in [0, 0.05) is 6.07 Å². The molecule has 0 amide bonds. The lowest BCUT2D eigenvalue weighted by atomic mass is 10.3. The van der Waals surface area contributed by atoms with Crippen molar-refractivity contribution in [1.82, 2.24) is 9.97 Å². The first kappa shape index (κ1) is 7.54. The van der Waals surface area contributed by atoms with Crippen LogP contribution in [0.1, 0.15) is 0 Å². The summed E-state index contributed by atoms with van der Waals surface area (Å²) >= 11 is 3.87. The van der Waals surface area contributed by atoms with Crippen LogP contribution in [0, 0.1) is 11.6 Å². The van der Waals surface area contributed by atoms with Crippen LogP contribution in [-0.2, 0) is 0 Å². The molecule has 0 unspecified atom stereocenters. The van der Waals surface area contributed by atoms with Crippen molar-refractivity contribution in [1.29, 1.82) is 0 Å². The van der Waals surface area contributed by atoms with Crippen molar-refractivity contribution in [3.05, 3.63) is 23.8 Å². The molecule has 12 heavy (non-hydrogen) atoms. The van der Waals surface area contributed by atoms with Crippen LogP contribution in [0.3, 0.4) is 0 Å². The van der Waals surface area contributed by atoms with Gasteiger partial charge in [-0.3, -0.25) is 0 Å². The minimum atomic E-state index is -0.679. The summed E-state index contributed by atoms with van der Waals surface area (Å²) in [5.41, 5.74) is 0.430. The predicted molar refractivity (Wildman–Crippen MR) is 43.3 cm³/mol. The van der Waals surface area contributed by atoms with Gasteiger partial charge in [0.2, 0.25) is 0 Å². The van der Waals surface area contributed by atoms with Crippen molar-refractivity contribution in [2.45, 2.75) is 5.16 Å². The fraction of sp³-hybridized carbons (Fsp3) is 0. The third kappa shape index (κ3) is 1.06. The van der Waals surface area contributed by atoms with Crippen molar-refractivity contribution in [2.75, 3.05) is 0 Å². The molecule has 0 aliphatic rings. The Labute approximate surface area is 72.0 Å². The molecule has 62 valence electrons. The molecule has 0 radical (unpaired) electrons. The standard InChI is InChI=1S/C7H4F2N2S/c8-3-1-4(9)6-5(2-3)10-7(12)11-6/h1-2H,(H2,10,11,12). The second-order valence-corrected chi connectivity index (χ2v) is 2.77. The molecular weight excluding hydrogens is 182 g/mol. The van der Waals surface area contributed by atoms with Crippen molar-refractivity contribution < 1.29 is 8.78 Å². The van der Waals surface area contributed by atoms with Crippen molar-refractivity contribution in [3.63, 3.8) is 0 Å². The third-order valence-corrected chi connectivity index (χ3v) is 1.70. The Hall–Kier alpha value is -1.10. The molecule has 0 saturated carbocycles. The molecule has 0 fully saturated rings. The molecule has 0 spiro atoms. The van der Waals surface area contributed by atoms with E-state index in [1.165, 1.54) is 6.07 Å². The smallest absolute Gasteiger partial charge is 0.163 e. The molecule has 0 atom stereocenters. The van der Waals surface area contributed by atoms with E-state index in [4.69, 9.17) is 0 Å². The highest BCUT2D eigenvalue weighted by Crippen LogP contribution is 2.18. The van der Waals surface area contributed by atoms with Crippen molar-refractivity contribution >= 4 is 23.7 Å². The summed E-state index contributed by atoms with van der Waals surface area (Å²) in [4.78, 5) is 6.33. The highest BCUT2D eigenvalue weighted by molar-refractivity contribution is 7.80. The lowest BCUT2D eigenvalue weighted by Crippen LogP contribution is -1.81. The van der Waals surface area contributed by atoms with Gasteiger partial charge in [-0.05, 0) is 6.07 Å². The van der Waals surface area contributed by atoms with Gasteiger partial charge in [-0.15, -0.1) is 12.6 Å². The second-order valence-electron chi connectivity index (χ2n) is 2.34. The SMILES string of the molecule is Fc1cc(F)c2nc(S)[nH]c2c1. The Kier molecular flexibility index (Phi) is 1.54. The van der Waals surface area contributed by atoms with Crippen LogP contribution in [0.2, 0.25) is 0 Å². The monoisotopic (exact) mass is 186 g/mol. The van der Waals surface area contributed by atoms with E-state index in [9.17, 15) is 8.78 Å².